The standard InChI is InChI=1S/C22H25F2N5O6/c1-12-19(27-10-16(28-12)20(31)32)34-14-7-13(18(30)29-17(25)3-6-26-2)8-15(9-14)35-22(4-5-22)11-33-21(23)24/h3,6-10,12,21,26,28H,4-5,11H2,1-2H3,(H,31,32)(H2,25,29,30)/p+1/b6-3-. The molecule has 1 aromatic carbocycles. The van der Waals surface area contributed by atoms with Gasteiger partial charge in [0.2, 0.25) is 5.90 Å². The van der Waals surface area contributed by atoms with Gasteiger partial charge in [-0.1, -0.05) is 0 Å². The first-order valence-corrected chi connectivity index (χ1v) is 10.6. The van der Waals surface area contributed by atoms with Crippen molar-refractivity contribution in [3.05, 3.63) is 47.9 Å². The number of carbonyl (C=O) groups is 2. The molecule has 1 fully saturated rings. The minimum atomic E-state index is -2.93. The Bertz CT molecular complexity index is 1080. The van der Waals surface area contributed by atoms with Crippen LogP contribution in [0.1, 0.15) is 30.1 Å². The minimum Gasteiger partial charge on any atom is -0.485 e. The summed E-state index contributed by atoms with van der Waals surface area (Å²) in [5, 5.41) is 22.9. The van der Waals surface area contributed by atoms with Crippen LogP contribution in [0.4, 0.5) is 8.78 Å². The van der Waals surface area contributed by atoms with E-state index in [2.05, 4.69) is 25.7 Å². The van der Waals surface area contributed by atoms with Crippen molar-refractivity contribution in [3.8, 4) is 11.5 Å². The number of aliphatic imine (C=N–C) groups is 1. The molecule has 3 rings (SSSR count). The van der Waals surface area contributed by atoms with Crippen molar-refractivity contribution in [3.63, 3.8) is 0 Å². The number of ether oxygens (including phenoxy) is 3. The lowest BCUT2D eigenvalue weighted by molar-refractivity contribution is -0.148. The normalized spacial score (nSPS) is 18.3. The fourth-order valence-electron chi connectivity index (χ4n) is 3.04. The number of carbonyl (C=O) groups excluding carboxylic acids is 1. The number of nitrogens with one attached hydrogen (secondary N) is 3. The molecule has 1 amide bonds. The summed E-state index contributed by atoms with van der Waals surface area (Å²) in [7, 11) is 1.67. The number of nitrogens with zero attached hydrogens (tertiary/aromatic N) is 1. The van der Waals surface area contributed by atoms with E-state index in [0.717, 1.165) is 6.20 Å². The zero-order chi connectivity index (χ0) is 25.6. The van der Waals surface area contributed by atoms with Gasteiger partial charge in [0.25, 0.3) is 5.84 Å². The molecule has 0 spiro atoms. The number of carboxylic acids is 1. The highest BCUT2D eigenvalue weighted by Gasteiger charge is 2.47. The van der Waals surface area contributed by atoms with Gasteiger partial charge in [-0.15, -0.1) is 0 Å². The van der Waals surface area contributed by atoms with Gasteiger partial charge >= 0.3 is 18.5 Å². The zero-order valence-corrected chi connectivity index (χ0v) is 19.0. The second-order valence-corrected chi connectivity index (χ2v) is 7.86. The van der Waals surface area contributed by atoms with Crippen LogP contribution in [0, 0.1) is 0 Å². The second kappa shape index (κ2) is 11.0. The van der Waals surface area contributed by atoms with E-state index in [1.165, 1.54) is 30.5 Å². The van der Waals surface area contributed by atoms with Gasteiger partial charge in [-0.05, 0) is 31.9 Å². The molecule has 11 nitrogen and oxygen atoms in total. The second-order valence-electron chi connectivity index (χ2n) is 7.86. The predicted octanol–water partition coefficient (Wildman–Crippen LogP) is 0.153. The summed E-state index contributed by atoms with van der Waals surface area (Å²) in [5.41, 5.74) is -0.917. The van der Waals surface area contributed by atoms with Gasteiger partial charge in [-0.25, -0.2) is 19.9 Å². The van der Waals surface area contributed by atoms with E-state index >= 15 is 0 Å². The van der Waals surface area contributed by atoms with Crippen LogP contribution in [0.2, 0.25) is 0 Å². The number of carboxylic acid groups (broad SMARTS) is 1. The highest BCUT2D eigenvalue weighted by molar-refractivity contribution is 6.08. The third kappa shape index (κ3) is 7.24. The summed E-state index contributed by atoms with van der Waals surface area (Å²) < 4.78 is 41.2. The Morgan fingerprint density at radius 2 is 2.06 bits per heavy atom. The largest absolute Gasteiger partial charge is 0.485 e. The summed E-state index contributed by atoms with van der Waals surface area (Å²) in [6.07, 6.45) is 5.08. The van der Waals surface area contributed by atoms with Gasteiger partial charge in [0, 0.05) is 25.4 Å². The Kier molecular flexibility index (Phi) is 8.02. The molecule has 2 aliphatic rings. The molecule has 0 saturated heterocycles. The van der Waals surface area contributed by atoms with E-state index in [4.69, 9.17) is 20.0 Å². The molecule has 1 aliphatic heterocycles. The van der Waals surface area contributed by atoms with E-state index in [0.29, 0.717) is 12.8 Å². The Labute approximate surface area is 199 Å². The maximum absolute atomic E-state index is 12.8. The molecule has 0 bridgehead atoms. The fourth-order valence-corrected chi connectivity index (χ4v) is 3.04. The zero-order valence-electron chi connectivity index (χ0n) is 19.0. The Morgan fingerprint density at radius 1 is 1.34 bits per heavy atom. The SMILES string of the molecule is CN/C=C\C(=[NH2+])NC(=O)c1cc(OC2=NC=C(C(=O)O)NC2C)cc(OC2(COC(F)F)CC2)c1. The van der Waals surface area contributed by atoms with Crippen molar-refractivity contribution in [1.29, 1.82) is 0 Å². The molecule has 13 heteroatoms. The highest BCUT2D eigenvalue weighted by atomic mass is 19.3. The molecule has 1 unspecified atom stereocenters. The van der Waals surface area contributed by atoms with Gasteiger partial charge in [0.05, 0.1) is 18.4 Å². The van der Waals surface area contributed by atoms with Gasteiger partial charge in [-0.3, -0.25) is 5.41 Å². The van der Waals surface area contributed by atoms with Crippen molar-refractivity contribution < 1.29 is 43.1 Å². The quantitative estimate of drug-likeness (QED) is 0.227. The van der Waals surface area contributed by atoms with Crippen LogP contribution in [-0.4, -0.2) is 60.6 Å². The molecule has 1 aromatic rings. The topological polar surface area (TPSA) is 156 Å². The number of rotatable bonds is 10. The molecule has 188 valence electrons. The van der Waals surface area contributed by atoms with Crippen LogP contribution in [0.15, 0.2) is 47.4 Å². The first-order valence-electron chi connectivity index (χ1n) is 10.6. The van der Waals surface area contributed by atoms with Gasteiger partial charge in [-0.2, -0.15) is 8.78 Å². The van der Waals surface area contributed by atoms with E-state index in [-0.39, 0.29) is 41.1 Å². The maximum atomic E-state index is 12.8. The van der Waals surface area contributed by atoms with Crippen LogP contribution in [0.5, 0.6) is 11.5 Å². The van der Waals surface area contributed by atoms with Crippen LogP contribution in [0.25, 0.3) is 0 Å². The third-order valence-corrected chi connectivity index (χ3v) is 4.96. The molecule has 1 atom stereocenters. The first-order chi connectivity index (χ1) is 16.6. The number of hydrogen-bond acceptors (Lipinski definition) is 8. The summed E-state index contributed by atoms with van der Waals surface area (Å²) in [6.45, 7) is -1.60. The van der Waals surface area contributed by atoms with E-state index in [1.54, 1.807) is 14.0 Å². The predicted molar refractivity (Wildman–Crippen MR) is 120 cm³/mol. The van der Waals surface area contributed by atoms with Gasteiger partial charge in [0.1, 0.15) is 28.8 Å². The van der Waals surface area contributed by atoms with E-state index in [1.807, 2.05) is 0 Å². The Hall–Kier alpha value is -4.00. The molecular weight excluding hydrogens is 468 g/mol. The fraction of sp³-hybridized carbons (Fsp3) is 0.364. The molecular formula is C22H26F2N5O6+. The lowest BCUT2D eigenvalue weighted by atomic mass is 10.1. The van der Waals surface area contributed by atoms with E-state index < -0.39 is 30.1 Å². The number of alkyl halides is 2. The molecule has 1 aliphatic carbocycles. The summed E-state index contributed by atoms with van der Waals surface area (Å²) in [5.74, 6) is -1.19. The van der Waals surface area contributed by atoms with Crippen LogP contribution >= 0.6 is 0 Å². The van der Waals surface area contributed by atoms with Gasteiger partial charge in [0.15, 0.2) is 0 Å². The number of amidine groups is 1. The van der Waals surface area contributed by atoms with Crippen molar-refractivity contribution in [2.45, 2.75) is 38.0 Å². The number of halogens is 2. The number of nitrogens with two attached hydrogens (primary N) is 1. The molecule has 1 saturated carbocycles. The van der Waals surface area contributed by atoms with Crippen LogP contribution in [0.3, 0.4) is 0 Å². The third-order valence-electron chi connectivity index (χ3n) is 4.96. The van der Waals surface area contributed by atoms with E-state index in [9.17, 15) is 18.4 Å². The summed E-state index contributed by atoms with van der Waals surface area (Å²) in [6, 6.07) is 3.72. The minimum absolute atomic E-state index is 0.0722. The van der Waals surface area contributed by atoms with Crippen molar-refractivity contribution in [1.82, 2.24) is 16.0 Å². The van der Waals surface area contributed by atoms with Crippen LogP contribution in [-0.2, 0) is 9.53 Å². The van der Waals surface area contributed by atoms with Crippen molar-refractivity contribution in [2.24, 2.45) is 4.99 Å². The highest BCUT2D eigenvalue weighted by Crippen LogP contribution is 2.42. The summed E-state index contributed by atoms with van der Waals surface area (Å²) in [4.78, 5) is 27.9. The number of amides is 1. The monoisotopic (exact) mass is 494 g/mol. The lowest BCUT2D eigenvalue weighted by Gasteiger charge is -2.22. The molecule has 1 heterocycles. The average molecular weight is 494 g/mol. The average Bonchev–Trinajstić information content (AvgIpc) is 3.56. The lowest BCUT2D eigenvalue weighted by Crippen LogP contribution is -2.49. The number of hydrogen-bond donors (Lipinski definition) is 5. The smallest absolute Gasteiger partial charge is 0.353 e. The molecule has 6 N–H and O–H groups in total. The maximum Gasteiger partial charge on any atom is 0.353 e. The molecule has 0 radical (unpaired) electrons. The number of aliphatic carboxylic acids is 1. The molecule has 0 aromatic heterocycles. The Morgan fingerprint density at radius 3 is 2.66 bits per heavy atom. The Balaban J connectivity index is 1.86. The van der Waals surface area contributed by atoms with Gasteiger partial charge < -0.3 is 30.0 Å². The van der Waals surface area contributed by atoms with Crippen LogP contribution < -0.4 is 30.8 Å². The van der Waals surface area contributed by atoms with Crippen molar-refractivity contribution >= 4 is 23.6 Å². The molecule has 35 heavy (non-hydrogen) atoms. The number of benzene rings is 1. The first kappa shape index (κ1) is 25.6. The summed E-state index contributed by atoms with van der Waals surface area (Å²) >= 11 is 0. The van der Waals surface area contributed by atoms with Crippen molar-refractivity contribution in [2.75, 3.05) is 13.7 Å².